The van der Waals surface area contributed by atoms with Crippen molar-refractivity contribution in [1.82, 2.24) is 10.2 Å². The molecule has 2 N–H and O–H groups in total. The van der Waals surface area contributed by atoms with Gasteiger partial charge in [0.05, 0.1) is 17.8 Å². The van der Waals surface area contributed by atoms with E-state index in [0.717, 1.165) is 31.7 Å². The van der Waals surface area contributed by atoms with E-state index in [9.17, 15) is 9.59 Å². The number of aryl methyl sites for hydroxylation is 2. The molecule has 1 saturated heterocycles. The van der Waals surface area contributed by atoms with Crippen LogP contribution < -0.4 is 15.5 Å². The molecular weight excluding hydrogens is 424 g/mol. The molecule has 0 spiro atoms. The van der Waals surface area contributed by atoms with E-state index in [2.05, 4.69) is 51.6 Å². The summed E-state index contributed by atoms with van der Waals surface area (Å²) in [5, 5.41) is 5.89. The standard InChI is InChI=1S/C28H32N4O2/c1-21-10-12-23(13-11-21)19-29-28(34)25-8-3-4-9-26(25)30-27(33)20-31-14-16-32(17-15-31)24-7-5-6-22(2)18-24/h3-13,18H,14-17,19-20H2,1-2H3,(H,29,34)(H,30,33). The summed E-state index contributed by atoms with van der Waals surface area (Å²) in [6.07, 6.45) is 0. The molecule has 0 bridgehead atoms. The fourth-order valence-electron chi connectivity index (χ4n) is 4.16. The maximum absolute atomic E-state index is 12.8. The number of nitrogens with one attached hydrogen (secondary N) is 2. The number of carbonyl (C=O) groups is 2. The summed E-state index contributed by atoms with van der Waals surface area (Å²) < 4.78 is 0. The third kappa shape index (κ3) is 6.23. The summed E-state index contributed by atoms with van der Waals surface area (Å²) in [5.41, 5.74) is 5.69. The third-order valence-electron chi connectivity index (χ3n) is 6.13. The fraction of sp³-hybridized carbons (Fsp3) is 0.286. The Hall–Kier alpha value is -3.64. The molecule has 0 atom stereocenters. The lowest BCUT2D eigenvalue weighted by Gasteiger charge is -2.35. The van der Waals surface area contributed by atoms with Crippen molar-refractivity contribution >= 4 is 23.2 Å². The van der Waals surface area contributed by atoms with Gasteiger partial charge in [-0.1, -0.05) is 54.1 Å². The normalized spacial score (nSPS) is 14.0. The lowest BCUT2D eigenvalue weighted by Crippen LogP contribution is -2.48. The second-order valence-electron chi connectivity index (χ2n) is 8.86. The number of hydrogen-bond donors (Lipinski definition) is 2. The van der Waals surface area contributed by atoms with Crippen LogP contribution in [0.3, 0.4) is 0 Å². The van der Waals surface area contributed by atoms with Crippen molar-refractivity contribution in [2.75, 3.05) is 42.9 Å². The van der Waals surface area contributed by atoms with Gasteiger partial charge in [0.1, 0.15) is 0 Å². The molecule has 2 amide bonds. The molecule has 0 aromatic heterocycles. The number of carbonyl (C=O) groups excluding carboxylic acids is 2. The van der Waals surface area contributed by atoms with E-state index >= 15 is 0 Å². The van der Waals surface area contributed by atoms with Crippen molar-refractivity contribution in [3.63, 3.8) is 0 Å². The highest BCUT2D eigenvalue weighted by Gasteiger charge is 2.20. The van der Waals surface area contributed by atoms with Crippen LogP contribution in [0.2, 0.25) is 0 Å². The predicted octanol–water partition coefficient (Wildman–Crippen LogP) is 3.99. The first-order valence-corrected chi connectivity index (χ1v) is 11.7. The van der Waals surface area contributed by atoms with Gasteiger partial charge >= 0.3 is 0 Å². The number of anilines is 2. The Morgan fingerprint density at radius 2 is 1.56 bits per heavy atom. The first-order valence-electron chi connectivity index (χ1n) is 11.7. The second kappa shape index (κ2) is 11.0. The average Bonchev–Trinajstić information content (AvgIpc) is 2.84. The number of amides is 2. The zero-order valence-electron chi connectivity index (χ0n) is 19.9. The maximum atomic E-state index is 12.8. The van der Waals surface area contributed by atoms with E-state index in [1.807, 2.05) is 37.3 Å². The SMILES string of the molecule is Cc1ccc(CNC(=O)c2ccccc2NC(=O)CN2CCN(c3cccc(C)c3)CC2)cc1. The van der Waals surface area contributed by atoms with Gasteiger partial charge in [-0.2, -0.15) is 0 Å². The minimum atomic E-state index is -0.205. The third-order valence-corrected chi connectivity index (χ3v) is 6.13. The molecule has 1 aliphatic rings. The van der Waals surface area contributed by atoms with Gasteiger partial charge in [-0.15, -0.1) is 0 Å². The van der Waals surface area contributed by atoms with E-state index in [-0.39, 0.29) is 11.8 Å². The Kier molecular flexibility index (Phi) is 7.60. The van der Waals surface area contributed by atoms with Gasteiger partial charge < -0.3 is 15.5 Å². The second-order valence-corrected chi connectivity index (χ2v) is 8.86. The van der Waals surface area contributed by atoms with Gasteiger partial charge in [-0.05, 0) is 49.2 Å². The van der Waals surface area contributed by atoms with Crippen LogP contribution in [0, 0.1) is 13.8 Å². The van der Waals surface area contributed by atoms with Crippen LogP contribution in [0.1, 0.15) is 27.0 Å². The minimum Gasteiger partial charge on any atom is -0.369 e. The topological polar surface area (TPSA) is 64.7 Å². The Morgan fingerprint density at radius 1 is 0.824 bits per heavy atom. The zero-order valence-corrected chi connectivity index (χ0v) is 19.9. The van der Waals surface area contributed by atoms with Crippen LogP contribution >= 0.6 is 0 Å². The Morgan fingerprint density at radius 3 is 2.29 bits per heavy atom. The van der Waals surface area contributed by atoms with Crippen molar-refractivity contribution in [2.45, 2.75) is 20.4 Å². The van der Waals surface area contributed by atoms with Crippen LogP contribution in [0.25, 0.3) is 0 Å². The number of nitrogens with zero attached hydrogens (tertiary/aromatic N) is 2. The van der Waals surface area contributed by atoms with Gasteiger partial charge in [0.2, 0.25) is 5.91 Å². The molecule has 0 aliphatic carbocycles. The van der Waals surface area contributed by atoms with E-state index in [1.165, 1.54) is 16.8 Å². The van der Waals surface area contributed by atoms with E-state index in [4.69, 9.17) is 0 Å². The highest BCUT2D eigenvalue weighted by atomic mass is 16.2. The van der Waals surface area contributed by atoms with Crippen molar-refractivity contribution in [3.05, 3.63) is 95.1 Å². The molecule has 1 aliphatic heterocycles. The molecule has 176 valence electrons. The van der Waals surface area contributed by atoms with Crippen LogP contribution in [-0.4, -0.2) is 49.4 Å². The number of rotatable bonds is 7. The van der Waals surface area contributed by atoms with Gasteiger partial charge in [0.25, 0.3) is 5.91 Å². The smallest absolute Gasteiger partial charge is 0.253 e. The molecule has 0 radical (unpaired) electrons. The van der Waals surface area contributed by atoms with Crippen molar-refractivity contribution in [1.29, 1.82) is 0 Å². The highest BCUT2D eigenvalue weighted by molar-refractivity contribution is 6.04. The van der Waals surface area contributed by atoms with E-state index < -0.39 is 0 Å². The van der Waals surface area contributed by atoms with Crippen LogP contribution in [0.5, 0.6) is 0 Å². The first-order chi connectivity index (χ1) is 16.5. The van der Waals surface area contributed by atoms with Crippen LogP contribution in [0.15, 0.2) is 72.8 Å². The molecular formula is C28H32N4O2. The van der Waals surface area contributed by atoms with Gasteiger partial charge in [-0.3, -0.25) is 14.5 Å². The van der Waals surface area contributed by atoms with Crippen molar-refractivity contribution < 1.29 is 9.59 Å². The summed E-state index contributed by atoms with van der Waals surface area (Å²) in [6, 6.07) is 23.7. The molecule has 0 unspecified atom stereocenters. The zero-order chi connectivity index (χ0) is 23.9. The molecule has 6 heteroatoms. The minimum absolute atomic E-state index is 0.109. The summed E-state index contributed by atoms with van der Waals surface area (Å²) in [5.74, 6) is -0.314. The quantitative estimate of drug-likeness (QED) is 0.564. The molecule has 34 heavy (non-hydrogen) atoms. The highest BCUT2D eigenvalue weighted by Crippen LogP contribution is 2.19. The van der Waals surface area contributed by atoms with Crippen LogP contribution in [0.4, 0.5) is 11.4 Å². The predicted molar refractivity (Wildman–Crippen MR) is 137 cm³/mol. The van der Waals surface area contributed by atoms with Gasteiger partial charge in [0.15, 0.2) is 0 Å². The Labute approximate surface area is 201 Å². The van der Waals surface area contributed by atoms with Crippen LogP contribution in [-0.2, 0) is 11.3 Å². The summed E-state index contributed by atoms with van der Waals surface area (Å²) >= 11 is 0. The van der Waals surface area contributed by atoms with Crippen molar-refractivity contribution in [2.24, 2.45) is 0 Å². The Bertz CT molecular complexity index is 1140. The molecule has 6 nitrogen and oxygen atoms in total. The molecule has 4 rings (SSSR count). The molecule has 1 fully saturated rings. The first kappa shape index (κ1) is 23.5. The molecule has 0 saturated carbocycles. The lowest BCUT2D eigenvalue weighted by molar-refractivity contribution is -0.117. The largest absolute Gasteiger partial charge is 0.369 e. The number of para-hydroxylation sites is 1. The number of hydrogen-bond acceptors (Lipinski definition) is 4. The monoisotopic (exact) mass is 456 g/mol. The molecule has 3 aromatic rings. The summed E-state index contributed by atoms with van der Waals surface area (Å²) in [6.45, 7) is 8.28. The molecule has 1 heterocycles. The van der Waals surface area contributed by atoms with Gasteiger partial charge in [0, 0.05) is 38.4 Å². The summed E-state index contributed by atoms with van der Waals surface area (Å²) in [4.78, 5) is 30.1. The number of benzene rings is 3. The summed E-state index contributed by atoms with van der Waals surface area (Å²) in [7, 11) is 0. The molecule has 3 aromatic carbocycles. The lowest BCUT2D eigenvalue weighted by atomic mass is 10.1. The fourth-order valence-corrected chi connectivity index (χ4v) is 4.16. The maximum Gasteiger partial charge on any atom is 0.253 e. The Balaban J connectivity index is 1.29. The average molecular weight is 457 g/mol. The number of piperazine rings is 1. The van der Waals surface area contributed by atoms with E-state index in [1.54, 1.807) is 18.2 Å². The van der Waals surface area contributed by atoms with Crippen molar-refractivity contribution in [3.8, 4) is 0 Å². The van der Waals surface area contributed by atoms with E-state index in [0.29, 0.717) is 24.3 Å². The van der Waals surface area contributed by atoms with Gasteiger partial charge in [-0.25, -0.2) is 0 Å².